The maximum absolute atomic E-state index is 4.81. The van der Waals surface area contributed by atoms with Crippen LogP contribution in [0.4, 0.5) is 5.82 Å². The molecule has 5 nitrogen and oxygen atoms in total. The van der Waals surface area contributed by atoms with Crippen LogP contribution in [0, 0.1) is 19.8 Å². The summed E-state index contributed by atoms with van der Waals surface area (Å²) >= 11 is 1.72. The first-order valence-corrected chi connectivity index (χ1v) is 9.43. The summed E-state index contributed by atoms with van der Waals surface area (Å²) < 4.78 is 2.13. The van der Waals surface area contributed by atoms with Crippen LogP contribution < -0.4 is 4.90 Å². The molecule has 0 amide bonds. The van der Waals surface area contributed by atoms with Gasteiger partial charge in [0.25, 0.3) is 0 Å². The maximum atomic E-state index is 4.81. The van der Waals surface area contributed by atoms with Gasteiger partial charge in [-0.2, -0.15) is 0 Å². The van der Waals surface area contributed by atoms with E-state index >= 15 is 0 Å². The molecule has 1 fully saturated rings. The van der Waals surface area contributed by atoms with Gasteiger partial charge >= 0.3 is 0 Å². The second-order valence-corrected chi connectivity index (χ2v) is 7.66. The molecular formula is C18H23N5S. The standard InChI is InChI=1S/C18H23N5S/c1-12-11-24-18-16(12)17(20-13(2)21-18)23-7-4-5-14(10-23)9-15-19-6-8-22(15)3/h6,8,11,14H,4-5,7,9-10H2,1-3H3. The number of aromatic nitrogens is 4. The Balaban J connectivity index is 1.62. The van der Waals surface area contributed by atoms with Crippen LogP contribution in [0.15, 0.2) is 17.8 Å². The van der Waals surface area contributed by atoms with E-state index in [1.54, 1.807) is 11.3 Å². The summed E-state index contributed by atoms with van der Waals surface area (Å²) in [4.78, 5) is 17.5. The van der Waals surface area contributed by atoms with Gasteiger partial charge in [-0.1, -0.05) is 0 Å². The van der Waals surface area contributed by atoms with E-state index in [2.05, 4.69) is 38.8 Å². The van der Waals surface area contributed by atoms with Crippen LogP contribution in [-0.2, 0) is 13.5 Å². The molecule has 6 heteroatoms. The predicted octanol–water partition coefficient (Wildman–Crippen LogP) is 3.50. The molecule has 126 valence electrons. The van der Waals surface area contributed by atoms with E-state index in [1.807, 2.05) is 19.3 Å². The zero-order chi connectivity index (χ0) is 16.7. The number of hydrogen-bond donors (Lipinski definition) is 0. The number of piperidine rings is 1. The molecule has 4 heterocycles. The number of fused-ring (bicyclic) bond motifs is 1. The number of hydrogen-bond acceptors (Lipinski definition) is 5. The highest BCUT2D eigenvalue weighted by atomic mass is 32.1. The molecule has 4 rings (SSSR count). The van der Waals surface area contributed by atoms with Gasteiger partial charge in [-0.3, -0.25) is 0 Å². The third-order valence-corrected chi connectivity index (χ3v) is 5.91. The zero-order valence-electron chi connectivity index (χ0n) is 14.5. The van der Waals surface area contributed by atoms with Crippen LogP contribution in [0.25, 0.3) is 10.2 Å². The minimum absolute atomic E-state index is 0.629. The van der Waals surface area contributed by atoms with E-state index in [9.17, 15) is 0 Å². The van der Waals surface area contributed by atoms with Crippen LogP contribution in [0.2, 0.25) is 0 Å². The lowest BCUT2D eigenvalue weighted by molar-refractivity contribution is 0.402. The Hall–Kier alpha value is -1.95. The molecular weight excluding hydrogens is 318 g/mol. The SMILES string of the molecule is Cc1nc(N2CCCC(Cc3nccn3C)C2)c2c(C)csc2n1. The Morgan fingerprint density at radius 1 is 1.29 bits per heavy atom. The molecule has 0 saturated carbocycles. The largest absolute Gasteiger partial charge is 0.356 e. The summed E-state index contributed by atoms with van der Waals surface area (Å²) in [6.07, 6.45) is 7.43. The molecule has 1 aliphatic rings. The third kappa shape index (κ3) is 2.79. The average molecular weight is 341 g/mol. The van der Waals surface area contributed by atoms with Gasteiger partial charge in [0, 0.05) is 39.0 Å². The van der Waals surface area contributed by atoms with E-state index < -0.39 is 0 Å². The van der Waals surface area contributed by atoms with Crippen LogP contribution >= 0.6 is 11.3 Å². The summed E-state index contributed by atoms with van der Waals surface area (Å²) in [5.74, 6) is 3.80. The first-order chi connectivity index (χ1) is 11.6. The molecule has 0 radical (unpaired) electrons. The first-order valence-electron chi connectivity index (χ1n) is 8.55. The van der Waals surface area contributed by atoms with E-state index in [1.165, 1.54) is 29.6 Å². The third-order valence-electron chi connectivity index (χ3n) is 4.92. The van der Waals surface area contributed by atoms with Gasteiger partial charge in [-0.15, -0.1) is 11.3 Å². The summed E-state index contributed by atoms with van der Waals surface area (Å²) in [6.45, 7) is 6.29. The van der Waals surface area contributed by atoms with Gasteiger partial charge in [0.1, 0.15) is 22.3 Å². The topological polar surface area (TPSA) is 46.8 Å². The molecule has 3 aromatic rings. The fraction of sp³-hybridized carbons (Fsp3) is 0.500. The molecule has 0 bridgehead atoms. The fourth-order valence-electron chi connectivity index (χ4n) is 3.67. The Kier molecular flexibility index (Phi) is 4.00. The minimum atomic E-state index is 0.629. The lowest BCUT2D eigenvalue weighted by Gasteiger charge is -2.34. The van der Waals surface area contributed by atoms with Crippen molar-refractivity contribution in [1.82, 2.24) is 19.5 Å². The molecule has 1 atom stereocenters. The van der Waals surface area contributed by atoms with Crippen molar-refractivity contribution < 1.29 is 0 Å². The number of aryl methyl sites for hydroxylation is 3. The second-order valence-electron chi connectivity index (χ2n) is 6.81. The van der Waals surface area contributed by atoms with Crippen molar-refractivity contribution in [3.63, 3.8) is 0 Å². The van der Waals surface area contributed by atoms with Crippen LogP contribution in [-0.4, -0.2) is 32.6 Å². The molecule has 0 aliphatic carbocycles. The molecule has 1 unspecified atom stereocenters. The number of anilines is 1. The maximum Gasteiger partial charge on any atom is 0.141 e. The molecule has 3 aromatic heterocycles. The van der Waals surface area contributed by atoms with Crippen molar-refractivity contribution in [2.24, 2.45) is 13.0 Å². The van der Waals surface area contributed by atoms with Gasteiger partial charge in [0.2, 0.25) is 0 Å². The molecule has 0 N–H and O–H groups in total. The smallest absolute Gasteiger partial charge is 0.141 e. The number of thiophene rings is 1. The van der Waals surface area contributed by atoms with E-state index in [4.69, 9.17) is 4.98 Å². The zero-order valence-corrected chi connectivity index (χ0v) is 15.3. The quantitative estimate of drug-likeness (QED) is 0.731. The minimum Gasteiger partial charge on any atom is -0.356 e. The molecule has 1 aliphatic heterocycles. The number of imidazole rings is 1. The fourth-order valence-corrected chi connectivity index (χ4v) is 4.63. The van der Waals surface area contributed by atoms with Gasteiger partial charge in [0.15, 0.2) is 0 Å². The summed E-state index contributed by atoms with van der Waals surface area (Å²) in [5.41, 5.74) is 1.29. The van der Waals surface area contributed by atoms with Crippen molar-refractivity contribution in [3.8, 4) is 0 Å². The van der Waals surface area contributed by atoms with E-state index in [0.717, 1.165) is 36.0 Å². The first kappa shape index (κ1) is 15.6. The van der Waals surface area contributed by atoms with Crippen LogP contribution in [0.3, 0.4) is 0 Å². The Bertz CT molecular complexity index is 866. The highest BCUT2D eigenvalue weighted by molar-refractivity contribution is 7.17. The summed E-state index contributed by atoms with van der Waals surface area (Å²) in [6, 6.07) is 0. The Labute approximate surface area is 146 Å². The van der Waals surface area contributed by atoms with Gasteiger partial charge < -0.3 is 9.47 Å². The highest BCUT2D eigenvalue weighted by Gasteiger charge is 2.25. The highest BCUT2D eigenvalue weighted by Crippen LogP contribution is 2.34. The van der Waals surface area contributed by atoms with E-state index in [0.29, 0.717) is 5.92 Å². The van der Waals surface area contributed by atoms with E-state index in [-0.39, 0.29) is 0 Å². The molecule has 1 saturated heterocycles. The monoisotopic (exact) mass is 341 g/mol. The van der Waals surface area contributed by atoms with Crippen molar-refractivity contribution in [2.75, 3.05) is 18.0 Å². The average Bonchev–Trinajstić information content (AvgIpc) is 3.13. The van der Waals surface area contributed by atoms with Gasteiger partial charge in [-0.25, -0.2) is 15.0 Å². The molecule has 0 aromatic carbocycles. The van der Waals surface area contributed by atoms with Crippen molar-refractivity contribution in [2.45, 2.75) is 33.1 Å². The normalized spacial score (nSPS) is 18.5. The lowest BCUT2D eigenvalue weighted by atomic mass is 9.94. The van der Waals surface area contributed by atoms with Crippen molar-refractivity contribution in [1.29, 1.82) is 0 Å². The Morgan fingerprint density at radius 3 is 2.96 bits per heavy atom. The van der Waals surface area contributed by atoms with Crippen molar-refractivity contribution in [3.05, 3.63) is 35.0 Å². The van der Waals surface area contributed by atoms with Crippen LogP contribution in [0.1, 0.15) is 30.1 Å². The Morgan fingerprint density at radius 2 is 2.17 bits per heavy atom. The van der Waals surface area contributed by atoms with Crippen LogP contribution in [0.5, 0.6) is 0 Å². The lowest BCUT2D eigenvalue weighted by Crippen LogP contribution is -2.37. The summed E-state index contributed by atoms with van der Waals surface area (Å²) in [7, 11) is 2.08. The molecule has 0 spiro atoms. The molecule has 24 heavy (non-hydrogen) atoms. The number of nitrogens with zero attached hydrogens (tertiary/aromatic N) is 5. The summed E-state index contributed by atoms with van der Waals surface area (Å²) in [5, 5.41) is 3.43. The number of rotatable bonds is 3. The van der Waals surface area contributed by atoms with Gasteiger partial charge in [-0.05, 0) is 43.6 Å². The predicted molar refractivity (Wildman–Crippen MR) is 98.7 cm³/mol. The second kappa shape index (κ2) is 6.16. The van der Waals surface area contributed by atoms with Gasteiger partial charge in [0.05, 0.1) is 5.39 Å². The van der Waals surface area contributed by atoms with Crippen molar-refractivity contribution >= 4 is 27.4 Å².